The lowest BCUT2D eigenvalue weighted by Crippen LogP contribution is -2.07. The van der Waals surface area contributed by atoms with E-state index >= 15 is 0 Å². The van der Waals surface area contributed by atoms with Gasteiger partial charge in [-0.1, -0.05) is 13.8 Å². The summed E-state index contributed by atoms with van der Waals surface area (Å²) in [6, 6.07) is 7.29. The van der Waals surface area contributed by atoms with E-state index in [-0.39, 0.29) is 11.5 Å². The highest BCUT2D eigenvalue weighted by Gasteiger charge is 2.16. The van der Waals surface area contributed by atoms with Crippen LogP contribution in [0.2, 0.25) is 0 Å². The third kappa shape index (κ3) is 2.75. The van der Waals surface area contributed by atoms with Gasteiger partial charge in [0.2, 0.25) is 5.78 Å². The second-order valence-electron chi connectivity index (χ2n) is 5.23. The molecule has 6 nitrogen and oxygen atoms in total. The van der Waals surface area contributed by atoms with E-state index in [1.54, 1.807) is 18.3 Å². The lowest BCUT2D eigenvalue weighted by molar-refractivity contribution is 0.103. The van der Waals surface area contributed by atoms with E-state index in [1.807, 2.05) is 36.7 Å². The molecule has 6 heteroatoms. The third-order valence-corrected chi connectivity index (χ3v) is 3.83. The Morgan fingerprint density at radius 1 is 1.13 bits per heavy atom. The molecule has 0 aliphatic heterocycles. The molecule has 0 unspecified atom stereocenters. The molecular formula is C17H18N4O2. The number of aromatic amines is 2. The molecule has 0 radical (unpaired) electrons. The minimum Gasteiger partial charge on any atom is -0.309 e. The van der Waals surface area contributed by atoms with E-state index in [0.29, 0.717) is 23.4 Å². The first kappa shape index (κ1) is 15.0. The van der Waals surface area contributed by atoms with E-state index in [4.69, 9.17) is 0 Å². The average molecular weight is 310 g/mol. The fraction of sp³-hybridized carbons (Fsp3) is 0.235. The van der Waals surface area contributed by atoms with Gasteiger partial charge in [0.25, 0.3) is 0 Å². The molecule has 0 saturated carbocycles. The molecule has 3 aromatic rings. The topological polar surface area (TPSA) is 83.5 Å². The number of hydrogen-bond acceptors (Lipinski definition) is 3. The van der Waals surface area contributed by atoms with E-state index in [1.165, 1.54) is 0 Å². The van der Waals surface area contributed by atoms with Crippen LogP contribution in [0.3, 0.4) is 0 Å². The van der Waals surface area contributed by atoms with Crippen LogP contribution >= 0.6 is 0 Å². The van der Waals surface area contributed by atoms with E-state index in [2.05, 4.69) is 15.0 Å². The highest BCUT2D eigenvalue weighted by atomic mass is 16.1. The zero-order valence-electron chi connectivity index (χ0n) is 13.1. The van der Waals surface area contributed by atoms with Gasteiger partial charge in [0.1, 0.15) is 11.5 Å². The van der Waals surface area contributed by atoms with Crippen molar-refractivity contribution in [1.82, 2.24) is 19.5 Å². The maximum Gasteiger partial charge on any atom is 0.323 e. The fourth-order valence-corrected chi connectivity index (χ4v) is 2.63. The second kappa shape index (κ2) is 6.08. The molecule has 0 saturated heterocycles. The maximum absolute atomic E-state index is 12.6. The zero-order chi connectivity index (χ0) is 16.4. The standard InChI is InChI=1S/C17H18N4O2/c1-3-13-15(20-17(23)19-13)16(22)11-5-7-12(8-6-11)21-10-9-18-14(21)4-2/h5-10H,3-4H2,1-2H3,(H2,19,20,23). The van der Waals surface area contributed by atoms with E-state index in [9.17, 15) is 9.59 Å². The van der Waals surface area contributed by atoms with Crippen molar-refractivity contribution in [1.29, 1.82) is 0 Å². The van der Waals surface area contributed by atoms with Crippen LogP contribution < -0.4 is 5.69 Å². The molecule has 0 spiro atoms. The van der Waals surface area contributed by atoms with Crippen LogP contribution in [0.4, 0.5) is 0 Å². The first-order chi connectivity index (χ1) is 11.1. The first-order valence-electron chi connectivity index (χ1n) is 7.62. The molecule has 3 rings (SSSR count). The lowest BCUT2D eigenvalue weighted by atomic mass is 10.1. The van der Waals surface area contributed by atoms with Gasteiger partial charge in [-0.15, -0.1) is 0 Å². The summed E-state index contributed by atoms with van der Waals surface area (Å²) in [7, 11) is 0. The molecule has 23 heavy (non-hydrogen) atoms. The summed E-state index contributed by atoms with van der Waals surface area (Å²) >= 11 is 0. The number of nitrogens with zero attached hydrogens (tertiary/aromatic N) is 2. The van der Waals surface area contributed by atoms with Gasteiger partial charge >= 0.3 is 5.69 Å². The fourth-order valence-electron chi connectivity index (χ4n) is 2.63. The molecule has 0 amide bonds. The SMILES string of the molecule is CCc1[nH]c(=O)[nH]c1C(=O)c1ccc(-n2ccnc2CC)cc1. The Kier molecular flexibility index (Phi) is 3.97. The molecule has 118 valence electrons. The molecule has 0 atom stereocenters. The number of carbonyl (C=O) groups is 1. The van der Waals surface area contributed by atoms with Crippen LogP contribution in [0.15, 0.2) is 41.5 Å². The van der Waals surface area contributed by atoms with E-state index in [0.717, 1.165) is 17.9 Å². The van der Waals surface area contributed by atoms with Crippen LogP contribution in [0.1, 0.15) is 41.4 Å². The number of nitrogens with one attached hydrogen (secondary N) is 2. The first-order valence-corrected chi connectivity index (χ1v) is 7.62. The Morgan fingerprint density at radius 2 is 1.87 bits per heavy atom. The second-order valence-corrected chi connectivity index (χ2v) is 5.23. The Morgan fingerprint density at radius 3 is 2.52 bits per heavy atom. The normalized spacial score (nSPS) is 10.9. The number of H-pyrrole nitrogens is 2. The number of aromatic nitrogens is 4. The molecule has 2 heterocycles. The van der Waals surface area contributed by atoms with Crippen molar-refractivity contribution in [3.63, 3.8) is 0 Å². The van der Waals surface area contributed by atoms with Gasteiger partial charge in [0.05, 0.1) is 0 Å². The zero-order valence-corrected chi connectivity index (χ0v) is 13.1. The minimum atomic E-state index is -0.354. The average Bonchev–Trinajstić information content (AvgIpc) is 3.20. The third-order valence-electron chi connectivity index (χ3n) is 3.83. The van der Waals surface area contributed by atoms with Gasteiger partial charge in [0.15, 0.2) is 0 Å². The van der Waals surface area contributed by atoms with Crippen molar-refractivity contribution in [3.05, 3.63) is 69.9 Å². The lowest BCUT2D eigenvalue weighted by Gasteiger charge is -2.07. The van der Waals surface area contributed by atoms with Crippen molar-refractivity contribution in [2.45, 2.75) is 26.7 Å². The van der Waals surface area contributed by atoms with Gasteiger partial charge in [-0.05, 0) is 30.7 Å². The van der Waals surface area contributed by atoms with Gasteiger partial charge in [0, 0.05) is 35.8 Å². The Hall–Kier alpha value is -2.89. The molecule has 2 N–H and O–H groups in total. The molecule has 0 bridgehead atoms. The van der Waals surface area contributed by atoms with Gasteiger partial charge in [-0.3, -0.25) is 4.79 Å². The smallest absolute Gasteiger partial charge is 0.309 e. The van der Waals surface area contributed by atoms with Crippen molar-refractivity contribution in [2.75, 3.05) is 0 Å². The van der Waals surface area contributed by atoms with E-state index < -0.39 is 0 Å². The molecule has 0 aliphatic carbocycles. The van der Waals surface area contributed by atoms with Gasteiger partial charge < -0.3 is 14.5 Å². The summed E-state index contributed by atoms with van der Waals surface area (Å²) in [5, 5.41) is 0. The number of rotatable bonds is 5. The molecule has 0 fully saturated rings. The largest absolute Gasteiger partial charge is 0.323 e. The number of ketones is 1. The van der Waals surface area contributed by atoms with Crippen molar-refractivity contribution >= 4 is 5.78 Å². The van der Waals surface area contributed by atoms with Crippen LogP contribution in [0, 0.1) is 0 Å². The molecule has 2 aromatic heterocycles. The summed E-state index contributed by atoms with van der Waals surface area (Å²) in [6.45, 7) is 3.94. The maximum atomic E-state index is 12.6. The van der Waals surface area contributed by atoms with Gasteiger partial charge in [-0.25, -0.2) is 9.78 Å². The van der Waals surface area contributed by atoms with Crippen LogP contribution in [-0.4, -0.2) is 25.3 Å². The summed E-state index contributed by atoms with van der Waals surface area (Å²) in [5.74, 6) is 0.778. The molecule has 1 aromatic carbocycles. The van der Waals surface area contributed by atoms with Crippen LogP contribution in [0.25, 0.3) is 5.69 Å². The van der Waals surface area contributed by atoms with Gasteiger partial charge in [-0.2, -0.15) is 0 Å². The molecular weight excluding hydrogens is 292 g/mol. The number of benzene rings is 1. The summed E-state index contributed by atoms with van der Waals surface area (Å²) < 4.78 is 1.99. The Labute approximate surface area is 133 Å². The highest BCUT2D eigenvalue weighted by Crippen LogP contribution is 2.15. The van der Waals surface area contributed by atoms with Crippen LogP contribution in [0.5, 0.6) is 0 Å². The summed E-state index contributed by atoms with van der Waals surface area (Å²) in [4.78, 5) is 33.5. The van der Waals surface area contributed by atoms with Crippen molar-refractivity contribution in [3.8, 4) is 5.69 Å². The Bertz CT molecular complexity index is 884. The van der Waals surface area contributed by atoms with Crippen LogP contribution in [-0.2, 0) is 12.8 Å². The summed E-state index contributed by atoms with van der Waals surface area (Å²) in [6.07, 6.45) is 5.08. The number of aryl methyl sites for hydroxylation is 2. The number of hydrogen-bond donors (Lipinski definition) is 2. The quantitative estimate of drug-likeness (QED) is 0.709. The number of carbonyl (C=O) groups excluding carboxylic acids is 1. The molecule has 0 aliphatic rings. The van der Waals surface area contributed by atoms with Crippen molar-refractivity contribution < 1.29 is 4.79 Å². The van der Waals surface area contributed by atoms with Crippen molar-refractivity contribution in [2.24, 2.45) is 0 Å². The number of imidazole rings is 2. The summed E-state index contributed by atoms with van der Waals surface area (Å²) in [5.41, 5.74) is 2.10. The predicted molar refractivity (Wildman–Crippen MR) is 87.2 cm³/mol. The predicted octanol–water partition coefficient (Wildman–Crippen LogP) is 2.24. The Balaban J connectivity index is 1.93. The monoisotopic (exact) mass is 310 g/mol. The minimum absolute atomic E-state index is 0.187. The highest BCUT2D eigenvalue weighted by molar-refractivity contribution is 6.08.